The highest BCUT2D eigenvalue weighted by Gasteiger charge is 2.43. The van der Waals surface area contributed by atoms with E-state index in [0.717, 1.165) is 0 Å². The molecule has 0 bridgehead atoms. The number of carbonyl (C=O) groups excluding carboxylic acids is 2. The van der Waals surface area contributed by atoms with Crippen molar-refractivity contribution in [2.75, 3.05) is 26.2 Å². The highest BCUT2D eigenvalue weighted by atomic mass is 16.6. The fourth-order valence-electron chi connectivity index (χ4n) is 3.67. The number of allylic oxidation sites excluding steroid dienone is 1. The normalized spacial score (nSPS) is 15.9. The van der Waals surface area contributed by atoms with Crippen LogP contribution in [0, 0.1) is 11.3 Å². The molecule has 0 amide bonds. The van der Waals surface area contributed by atoms with Gasteiger partial charge in [-0.3, -0.25) is 4.90 Å². The van der Waals surface area contributed by atoms with Crippen LogP contribution < -0.4 is 10.6 Å². The summed E-state index contributed by atoms with van der Waals surface area (Å²) in [5, 5.41) is 13.9. The Balaban J connectivity index is 2.43. The zero-order valence-corrected chi connectivity index (χ0v) is 18.3. The van der Waals surface area contributed by atoms with Gasteiger partial charge in [-0.2, -0.15) is 5.26 Å². The molecule has 1 aliphatic rings. The van der Waals surface area contributed by atoms with E-state index in [1.165, 1.54) is 32.4 Å². The second kappa shape index (κ2) is 10.2. The first-order valence-electron chi connectivity index (χ1n) is 9.81. The van der Waals surface area contributed by atoms with Gasteiger partial charge in [0, 0.05) is 5.56 Å². The molecule has 0 saturated carbocycles. The Morgan fingerprint density at radius 2 is 1.67 bits per heavy atom. The number of ether oxygens (including phenoxy) is 2. The maximum atomic E-state index is 13.1. The van der Waals surface area contributed by atoms with Gasteiger partial charge in [0.1, 0.15) is 18.6 Å². The molecule has 9 heteroatoms. The number of methoxy groups -OCH3 is 2. The predicted molar refractivity (Wildman–Crippen MR) is 121 cm³/mol. The van der Waals surface area contributed by atoms with Crippen molar-refractivity contribution in [3.05, 3.63) is 88.4 Å². The Labute approximate surface area is 190 Å². The lowest BCUT2D eigenvalue weighted by Gasteiger charge is -2.36. The van der Waals surface area contributed by atoms with Crippen LogP contribution in [0.2, 0.25) is 0 Å². The Morgan fingerprint density at radius 1 is 1.03 bits per heavy atom. The minimum Gasteiger partial charge on any atom is -0.466 e. The predicted octanol–water partition coefficient (Wildman–Crippen LogP) is 2.56. The zero-order valence-electron chi connectivity index (χ0n) is 18.3. The first-order valence-corrected chi connectivity index (χ1v) is 9.81. The molecule has 0 fully saturated rings. The maximum Gasteiger partial charge on any atom is 0.355 e. The molecular weight excluding hydrogens is 424 g/mol. The van der Waals surface area contributed by atoms with Gasteiger partial charge in [-0.1, -0.05) is 53.7 Å². The molecule has 0 aliphatic carbocycles. The van der Waals surface area contributed by atoms with Crippen molar-refractivity contribution >= 4 is 23.8 Å². The summed E-state index contributed by atoms with van der Waals surface area (Å²) in [7, 11) is 3.78. The minimum atomic E-state index is -0.936. The van der Waals surface area contributed by atoms with Crippen molar-refractivity contribution in [2.24, 2.45) is 10.9 Å². The number of nitriles is 1. The van der Waals surface area contributed by atoms with Crippen molar-refractivity contribution in [3.8, 4) is 6.07 Å². The minimum absolute atomic E-state index is 0.0299. The van der Waals surface area contributed by atoms with Crippen LogP contribution in [0.5, 0.6) is 0 Å². The van der Waals surface area contributed by atoms with Gasteiger partial charge in [-0.25, -0.2) is 9.59 Å². The van der Waals surface area contributed by atoms with Gasteiger partial charge in [0.2, 0.25) is 0 Å². The van der Waals surface area contributed by atoms with E-state index in [1.54, 1.807) is 54.6 Å². The van der Waals surface area contributed by atoms with Gasteiger partial charge < -0.3 is 20.0 Å². The number of benzene rings is 2. The van der Waals surface area contributed by atoms with E-state index < -0.39 is 17.9 Å². The number of para-hydroxylation sites is 1. The molecule has 0 saturated heterocycles. The molecule has 9 nitrogen and oxygen atoms in total. The van der Waals surface area contributed by atoms with Crippen LogP contribution in [-0.2, 0) is 23.9 Å². The van der Waals surface area contributed by atoms with Crippen LogP contribution in [0.4, 0.5) is 5.69 Å². The number of carbonyl (C=O) groups is 2. The van der Waals surface area contributed by atoms with Gasteiger partial charge in [0.25, 0.3) is 0 Å². The number of rotatable bonds is 6. The standard InChI is InChI=1S/C24H22N4O5/c1-31-23(29)20-19(15-9-5-4-6-10-15)17(13-25)22(26)28(21(20)24(30)32-2)18-12-8-7-11-16(18)14-27-33-3/h4-12,14,19H,26H2,1-3H3. The van der Waals surface area contributed by atoms with Crippen molar-refractivity contribution in [2.45, 2.75) is 5.92 Å². The lowest BCUT2D eigenvalue weighted by molar-refractivity contribution is -0.139. The summed E-state index contributed by atoms with van der Waals surface area (Å²) in [6.45, 7) is 0. The fourth-order valence-corrected chi connectivity index (χ4v) is 3.67. The number of nitrogens with zero attached hydrogens (tertiary/aromatic N) is 3. The Hall–Kier alpha value is -4.58. The van der Waals surface area contributed by atoms with Crippen LogP contribution in [0.1, 0.15) is 17.0 Å². The van der Waals surface area contributed by atoms with E-state index in [-0.39, 0.29) is 22.7 Å². The molecule has 3 rings (SSSR count). The third-order valence-electron chi connectivity index (χ3n) is 5.09. The summed E-state index contributed by atoms with van der Waals surface area (Å²) >= 11 is 0. The highest BCUT2D eigenvalue weighted by molar-refractivity contribution is 6.07. The lowest BCUT2D eigenvalue weighted by Crippen LogP contribution is -2.41. The number of esters is 2. The molecule has 2 aromatic carbocycles. The Bertz CT molecular complexity index is 1190. The van der Waals surface area contributed by atoms with Crippen molar-refractivity contribution in [3.63, 3.8) is 0 Å². The Kier molecular flexibility index (Phi) is 7.10. The summed E-state index contributed by atoms with van der Waals surface area (Å²) in [6.07, 6.45) is 1.42. The van der Waals surface area contributed by atoms with Crippen molar-refractivity contribution < 1.29 is 23.9 Å². The summed E-state index contributed by atoms with van der Waals surface area (Å²) in [6, 6.07) is 17.8. The molecule has 1 atom stereocenters. The molecule has 33 heavy (non-hydrogen) atoms. The number of anilines is 1. The molecular formula is C24H22N4O5. The third-order valence-corrected chi connectivity index (χ3v) is 5.09. The molecule has 1 heterocycles. The second-order valence-corrected chi connectivity index (χ2v) is 6.81. The summed E-state index contributed by atoms with van der Waals surface area (Å²) in [5.41, 5.74) is 7.83. The monoisotopic (exact) mass is 446 g/mol. The van der Waals surface area contributed by atoms with Gasteiger partial charge in [0.15, 0.2) is 0 Å². The van der Waals surface area contributed by atoms with E-state index in [1.807, 2.05) is 0 Å². The molecule has 1 unspecified atom stereocenters. The van der Waals surface area contributed by atoms with E-state index in [9.17, 15) is 14.9 Å². The number of hydrogen-bond donors (Lipinski definition) is 1. The Morgan fingerprint density at radius 3 is 2.27 bits per heavy atom. The van der Waals surface area contributed by atoms with E-state index in [0.29, 0.717) is 16.8 Å². The van der Waals surface area contributed by atoms with Gasteiger partial charge in [-0.05, 0) is 11.6 Å². The maximum absolute atomic E-state index is 13.1. The number of hydrogen-bond acceptors (Lipinski definition) is 9. The van der Waals surface area contributed by atoms with Crippen molar-refractivity contribution in [1.82, 2.24) is 0 Å². The van der Waals surface area contributed by atoms with Crippen molar-refractivity contribution in [1.29, 1.82) is 5.26 Å². The average molecular weight is 446 g/mol. The first kappa shape index (κ1) is 23.1. The van der Waals surface area contributed by atoms with Crippen LogP contribution >= 0.6 is 0 Å². The SMILES string of the molecule is CON=Cc1ccccc1N1C(N)=C(C#N)C(c2ccccc2)C(C(=O)OC)=C1C(=O)OC. The summed E-state index contributed by atoms with van der Waals surface area (Å²) in [4.78, 5) is 32.2. The smallest absolute Gasteiger partial charge is 0.355 e. The molecule has 2 N–H and O–H groups in total. The van der Waals surface area contributed by atoms with Gasteiger partial charge in [-0.15, -0.1) is 0 Å². The molecule has 0 radical (unpaired) electrons. The van der Waals surface area contributed by atoms with E-state index in [4.69, 9.17) is 20.0 Å². The van der Waals surface area contributed by atoms with Crippen LogP contribution in [0.15, 0.2) is 82.4 Å². The van der Waals surface area contributed by atoms with Crippen LogP contribution in [-0.4, -0.2) is 39.5 Å². The van der Waals surface area contributed by atoms with E-state index in [2.05, 4.69) is 11.2 Å². The van der Waals surface area contributed by atoms with Crippen LogP contribution in [0.25, 0.3) is 0 Å². The molecule has 0 aromatic heterocycles. The first-order chi connectivity index (χ1) is 16.0. The highest BCUT2D eigenvalue weighted by Crippen LogP contribution is 2.43. The number of nitrogens with two attached hydrogens (primary N) is 1. The van der Waals surface area contributed by atoms with E-state index >= 15 is 0 Å². The average Bonchev–Trinajstić information content (AvgIpc) is 2.86. The van der Waals surface area contributed by atoms with Gasteiger partial charge in [0.05, 0.1) is 49.3 Å². The summed E-state index contributed by atoms with van der Waals surface area (Å²) < 4.78 is 10.0. The number of oxime groups is 1. The third kappa shape index (κ3) is 4.27. The quantitative estimate of drug-likeness (QED) is 0.407. The molecule has 168 valence electrons. The molecule has 1 aliphatic heterocycles. The molecule has 2 aromatic rings. The largest absolute Gasteiger partial charge is 0.466 e. The second-order valence-electron chi connectivity index (χ2n) is 6.81. The van der Waals surface area contributed by atoms with Crippen LogP contribution in [0.3, 0.4) is 0 Å². The zero-order chi connectivity index (χ0) is 24.0. The lowest BCUT2D eigenvalue weighted by atomic mass is 9.80. The van der Waals surface area contributed by atoms with Gasteiger partial charge >= 0.3 is 11.9 Å². The topological polar surface area (TPSA) is 127 Å². The molecule has 0 spiro atoms. The fraction of sp³-hybridized carbons (Fsp3) is 0.167. The summed E-state index contributed by atoms with van der Waals surface area (Å²) in [5.74, 6) is -2.58.